The van der Waals surface area contributed by atoms with Crippen LogP contribution in [-0.2, 0) is 16.6 Å². The highest BCUT2D eigenvalue weighted by atomic mass is 32.2. The number of carbonyl (C=O) groups excluding carboxylic acids is 1. The molecule has 0 spiro atoms. The smallest absolute Gasteiger partial charge is 0.277 e. The summed E-state index contributed by atoms with van der Waals surface area (Å²) in [6.07, 6.45) is 3.92. The molecule has 0 unspecified atom stereocenters. The van der Waals surface area contributed by atoms with Crippen molar-refractivity contribution in [2.24, 2.45) is 5.73 Å². The molecule has 42 heavy (non-hydrogen) atoms. The number of primary amides is 1. The molecule has 1 fully saturated rings. The van der Waals surface area contributed by atoms with Gasteiger partial charge in [0.15, 0.2) is 11.2 Å². The third-order valence-electron chi connectivity index (χ3n) is 6.94. The molecule has 4 heterocycles. The van der Waals surface area contributed by atoms with Crippen LogP contribution >= 0.6 is 0 Å². The van der Waals surface area contributed by atoms with Crippen molar-refractivity contribution in [1.82, 2.24) is 33.9 Å². The van der Waals surface area contributed by atoms with E-state index in [0.29, 0.717) is 38.4 Å². The molecule has 222 valence electrons. The van der Waals surface area contributed by atoms with Gasteiger partial charge in [0.05, 0.1) is 30.2 Å². The number of ether oxygens (including phenoxy) is 1. The number of amides is 1. The second-order valence-electron chi connectivity index (χ2n) is 9.82. The Morgan fingerprint density at radius 2 is 1.98 bits per heavy atom. The van der Waals surface area contributed by atoms with Gasteiger partial charge in [-0.3, -0.25) is 24.2 Å². The van der Waals surface area contributed by atoms with E-state index < -0.39 is 21.5 Å². The van der Waals surface area contributed by atoms with Crippen LogP contribution in [0.25, 0.3) is 22.4 Å². The maximum Gasteiger partial charge on any atom is 0.277 e. The molecule has 0 saturated carbocycles. The first-order valence-corrected chi connectivity index (χ1v) is 15.0. The fourth-order valence-electron chi connectivity index (χ4n) is 4.84. The second-order valence-corrected chi connectivity index (χ2v) is 11.8. The average molecular weight is 597 g/mol. The minimum absolute atomic E-state index is 0.00194. The first-order chi connectivity index (χ1) is 20.2. The van der Waals surface area contributed by atoms with E-state index in [0.717, 1.165) is 5.56 Å². The number of piperazine rings is 1. The number of aliphatic hydroxyl groups excluding tert-OH is 1. The van der Waals surface area contributed by atoms with E-state index in [1.807, 2.05) is 11.8 Å². The van der Waals surface area contributed by atoms with E-state index in [1.165, 1.54) is 27.2 Å². The lowest BCUT2D eigenvalue weighted by atomic mass is 10.1. The summed E-state index contributed by atoms with van der Waals surface area (Å²) in [7, 11) is -3.90. The standard InChI is InChI=1S/C27H32N8O6S/c1-2-14-41-21-6-5-19(42(39,40)34-10-8-33(9-11-34)12-13-36)15-20(21)26-30-22-23(25(28)37)32-35(24(22)27(38)31-26)17-18-4-3-7-29-16-18/h3-7,15-16,36H,2,8-14,17H2,1H3,(H2,28,37)(H,30,31,38). The van der Waals surface area contributed by atoms with Gasteiger partial charge in [-0.25, -0.2) is 13.4 Å². The minimum atomic E-state index is -3.90. The number of aromatic nitrogens is 5. The largest absolute Gasteiger partial charge is 0.493 e. The van der Waals surface area contributed by atoms with Crippen molar-refractivity contribution in [2.45, 2.75) is 24.8 Å². The quantitative estimate of drug-likeness (QED) is 0.219. The highest BCUT2D eigenvalue weighted by molar-refractivity contribution is 7.89. The Morgan fingerprint density at radius 3 is 2.64 bits per heavy atom. The number of benzene rings is 1. The Morgan fingerprint density at radius 1 is 1.19 bits per heavy atom. The normalized spacial score (nSPS) is 14.8. The maximum atomic E-state index is 13.6. The number of sulfonamides is 1. The number of carbonyl (C=O) groups is 1. The van der Waals surface area contributed by atoms with Gasteiger partial charge in [-0.1, -0.05) is 13.0 Å². The predicted molar refractivity (Wildman–Crippen MR) is 154 cm³/mol. The number of nitrogens with one attached hydrogen (secondary N) is 1. The van der Waals surface area contributed by atoms with Crippen molar-refractivity contribution in [3.05, 3.63) is 64.3 Å². The zero-order valence-electron chi connectivity index (χ0n) is 23.1. The molecule has 1 aliphatic rings. The average Bonchev–Trinajstić information content (AvgIpc) is 3.36. The summed E-state index contributed by atoms with van der Waals surface area (Å²) in [5, 5.41) is 13.5. The summed E-state index contributed by atoms with van der Waals surface area (Å²) >= 11 is 0. The summed E-state index contributed by atoms with van der Waals surface area (Å²) in [5.41, 5.74) is 5.83. The molecule has 0 atom stereocenters. The van der Waals surface area contributed by atoms with Gasteiger partial charge in [-0.15, -0.1) is 0 Å². The number of nitrogens with zero attached hydrogens (tertiary/aromatic N) is 6. The number of nitrogens with two attached hydrogens (primary N) is 1. The maximum absolute atomic E-state index is 13.6. The number of pyridine rings is 1. The Bertz CT molecular complexity index is 1750. The number of hydrogen-bond donors (Lipinski definition) is 3. The van der Waals surface area contributed by atoms with E-state index in [-0.39, 0.29) is 59.3 Å². The first kappa shape index (κ1) is 29.3. The fourth-order valence-corrected chi connectivity index (χ4v) is 6.29. The molecule has 14 nitrogen and oxygen atoms in total. The van der Waals surface area contributed by atoms with Crippen molar-refractivity contribution in [3.8, 4) is 17.1 Å². The molecule has 3 aromatic heterocycles. The highest BCUT2D eigenvalue weighted by Crippen LogP contribution is 2.32. The van der Waals surface area contributed by atoms with Gasteiger partial charge < -0.3 is 20.6 Å². The van der Waals surface area contributed by atoms with Crippen molar-refractivity contribution >= 4 is 27.0 Å². The fraction of sp³-hybridized carbons (Fsp3) is 0.370. The van der Waals surface area contributed by atoms with E-state index >= 15 is 0 Å². The predicted octanol–water partition coefficient (Wildman–Crippen LogP) is 0.416. The summed E-state index contributed by atoms with van der Waals surface area (Å²) in [5.74, 6) is -0.547. The van der Waals surface area contributed by atoms with Crippen LogP contribution in [0.3, 0.4) is 0 Å². The number of H-pyrrole nitrogens is 1. The number of hydrogen-bond acceptors (Lipinski definition) is 10. The summed E-state index contributed by atoms with van der Waals surface area (Å²) in [4.78, 5) is 39.1. The van der Waals surface area contributed by atoms with Crippen molar-refractivity contribution < 1.29 is 23.1 Å². The Labute approximate surface area is 241 Å². The SMILES string of the molecule is CCCOc1ccc(S(=O)(=O)N2CCN(CCO)CC2)cc1-c1nc2c(C(N)=O)nn(Cc3cccnc3)c2c(=O)[nH]1. The summed E-state index contributed by atoms with van der Waals surface area (Å²) in [6, 6.07) is 7.95. The number of fused-ring (bicyclic) bond motifs is 1. The van der Waals surface area contributed by atoms with Crippen LogP contribution in [0, 0.1) is 0 Å². The number of β-amino-alcohol motifs (C(OH)–C–C–N with tert-alkyl or cyclic N) is 1. The monoisotopic (exact) mass is 596 g/mol. The van der Waals surface area contributed by atoms with Gasteiger partial charge >= 0.3 is 0 Å². The van der Waals surface area contributed by atoms with Crippen LogP contribution in [0.2, 0.25) is 0 Å². The number of aliphatic hydroxyl groups is 1. The van der Waals surface area contributed by atoms with Gasteiger partial charge in [0, 0.05) is 45.1 Å². The lowest BCUT2D eigenvalue weighted by Gasteiger charge is -2.33. The molecular formula is C27H32N8O6S. The molecule has 0 radical (unpaired) electrons. The molecular weight excluding hydrogens is 564 g/mol. The lowest BCUT2D eigenvalue weighted by Crippen LogP contribution is -2.49. The zero-order chi connectivity index (χ0) is 29.9. The third kappa shape index (κ3) is 5.90. The topological polar surface area (TPSA) is 190 Å². The van der Waals surface area contributed by atoms with Gasteiger partial charge in [-0.05, 0) is 36.2 Å². The van der Waals surface area contributed by atoms with Gasteiger partial charge in [-0.2, -0.15) is 9.40 Å². The second kappa shape index (κ2) is 12.4. The zero-order valence-corrected chi connectivity index (χ0v) is 23.9. The van der Waals surface area contributed by atoms with E-state index in [9.17, 15) is 23.1 Å². The highest BCUT2D eigenvalue weighted by Gasteiger charge is 2.30. The van der Waals surface area contributed by atoms with Crippen molar-refractivity contribution in [3.63, 3.8) is 0 Å². The van der Waals surface area contributed by atoms with Crippen LogP contribution in [0.15, 0.2) is 52.4 Å². The molecule has 1 amide bonds. The van der Waals surface area contributed by atoms with Gasteiger partial charge in [0.2, 0.25) is 10.0 Å². The van der Waals surface area contributed by atoms with E-state index in [1.54, 1.807) is 24.5 Å². The molecule has 1 saturated heterocycles. The molecule has 15 heteroatoms. The molecule has 4 N–H and O–H groups in total. The van der Waals surface area contributed by atoms with Crippen molar-refractivity contribution in [1.29, 1.82) is 0 Å². The number of rotatable bonds is 11. The Balaban J connectivity index is 1.59. The third-order valence-corrected chi connectivity index (χ3v) is 8.83. The van der Waals surface area contributed by atoms with E-state index in [4.69, 9.17) is 10.5 Å². The minimum Gasteiger partial charge on any atom is -0.493 e. The molecule has 4 aromatic rings. The van der Waals surface area contributed by atoms with Crippen LogP contribution in [0.4, 0.5) is 0 Å². The van der Waals surface area contributed by atoms with Crippen LogP contribution in [-0.4, -0.2) is 99.3 Å². The molecule has 5 rings (SSSR count). The van der Waals surface area contributed by atoms with Gasteiger partial charge in [0.25, 0.3) is 11.5 Å². The number of aromatic amines is 1. The van der Waals surface area contributed by atoms with Crippen LogP contribution in [0.5, 0.6) is 5.75 Å². The van der Waals surface area contributed by atoms with Crippen LogP contribution in [0.1, 0.15) is 29.4 Å². The Hall–Kier alpha value is -4.18. The lowest BCUT2D eigenvalue weighted by molar-refractivity contribution is 0.0996. The summed E-state index contributed by atoms with van der Waals surface area (Å²) in [6.45, 7) is 4.43. The molecule has 0 aliphatic carbocycles. The van der Waals surface area contributed by atoms with Crippen molar-refractivity contribution in [2.75, 3.05) is 45.9 Å². The Kier molecular flexibility index (Phi) is 8.63. The molecule has 0 bridgehead atoms. The van der Waals surface area contributed by atoms with Crippen LogP contribution < -0.4 is 16.0 Å². The molecule has 1 aliphatic heterocycles. The molecule has 1 aromatic carbocycles. The van der Waals surface area contributed by atoms with E-state index in [2.05, 4.69) is 20.1 Å². The summed E-state index contributed by atoms with van der Waals surface area (Å²) < 4.78 is 35.8. The first-order valence-electron chi connectivity index (χ1n) is 13.5. The van der Waals surface area contributed by atoms with Gasteiger partial charge in [0.1, 0.15) is 17.1 Å².